The Labute approximate surface area is 144 Å². The van der Waals surface area contributed by atoms with Crippen LogP contribution in [0.2, 0.25) is 0 Å². The second-order valence-corrected chi connectivity index (χ2v) is 7.97. The van der Waals surface area contributed by atoms with E-state index in [0.29, 0.717) is 24.4 Å². The van der Waals surface area contributed by atoms with Gasteiger partial charge in [0.25, 0.3) is 0 Å². The molecule has 4 nitrogen and oxygen atoms in total. The number of para-hydroxylation sites is 1. The minimum Gasteiger partial charge on any atom is -0.485 e. The van der Waals surface area contributed by atoms with Gasteiger partial charge in [0.1, 0.15) is 11.4 Å². The molecule has 1 aromatic carbocycles. The monoisotopic (exact) mass is 328 g/mol. The summed E-state index contributed by atoms with van der Waals surface area (Å²) >= 11 is 0. The third-order valence-corrected chi connectivity index (χ3v) is 6.18. The fourth-order valence-corrected chi connectivity index (χ4v) is 4.36. The van der Waals surface area contributed by atoms with E-state index in [1.807, 2.05) is 19.2 Å². The molecule has 4 rings (SSSR count). The average molecular weight is 328 g/mol. The van der Waals surface area contributed by atoms with E-state index < -0.39 is 0 Å². The summed E-state index contributed by atoms with van der Waals surface area (Å²) in [4.78, 5) is 15.0. The minimum absolute atomic E-state index is 0.215. The molecule has 0 radical (unpaired) electrons. The number of nitrogens with one attached hydrogen (secondary N) is 1. The van der Waals surface area contributed by atoms with Gasteiger partial charge in [0.2, 0.25) is 5.91 Å². The zero-order chi connectivity index (χ0) is 16.7. The minimum atomic E-state index is -0.215. The molecular weight excluding hydrogens is 300 g/mol. The van der Waals surface area contributed by atoms with Crippen molar-refractivity contribution in [2.24, 2.45) is 11.8 Å². The van der Waals surface area contributed by atoms with E-state index >= 15 is 0 Å². The Bertz CT molecular complexity index is 622. The lowest BCUT2D eigenvalue weighted by molar-refractivity contribution is -0.136. The van der Waals surface area contributed by atoms with Crippen molar-refractivity contribution in [2.45, 2.75) is 57.2 Å². The number of fused-ring (bicyclic) bond motifs is 1. The van der Waals surface area contributed by atoms with Gasteiger partial charge in [-0.15, -0.1) is 0 Å². The first-order valence-corrected chi connectivity index (χ1v) is 9.33. The maximum atomic E-state index is 12.9. The van der Waals surface area contributed by atoms with Gasteiger partial charge in [0, 0.05) is 24.1 Å². The Hall–Kier alpha value is -1.55. The molecule has 0 bridgehead atoms. The summed E-state index contributed by atoms with van der Waals surface area (Å²) in [6, 6.07) is 8.82. The van der Waals surface area contributed by atoms with Crippen molar-refractivity contribution in [1.82, 2.24) is 10.2 Å². The summed E-state index contributed by atoms with van der Waals surface area (Å²) in [5.74, 6) is 2.09. The van der Waals surface area contributed by atoms with Crippen LogP contribution in [0.3, 0.4) is 0 Å². The number of hydrogen-bond acceptors (Lipinski definition) is 3. The third-order valence-electron chi connectivity index (χ3n) is 6.18. The quantitative estimate of drug-likeness (QED) is 0.907. The smallest absolute Gasteiger partial charge is 0.226 e. The molecule has 3 aliphatic rings. The van der Waals surface area contributed by atoms with Crippen molar-refractivity contribution in [1.29, 1.82) is 0 Å². The molecular formula is C20H28N2O2. The van der Waals surface area contributed by atoms with E-state index in [2.05, 4.69) is 29.3 Å². The molecule has 4 heteroatoms. The highest BCUT2D eigenvalue weighted by atomic mass is 16.5. The Kier molecular flexibility index (Phi) is 4.03. The molecule has 130 valence electrons. The Morgan fingerprint density at radius 2 is 2.00 bits per heavy atom. The van der Waals surface area contributed by atoms with E-state index in [1.54, 1.807) is 0 Å². The zero-order valence-electron chi connectivity index (χ0n) is 14.8. The molecule has 1 aromatic rings. The highest BCUT2D eigenvalue weighted by Crippen LogP contribution is 2.43. The summed E-state index contributed by atoms with van der Waals surface area (Å²) in [5, 5.41) is 3.39. The largest absolute Gasteiger partial charge is 0.485 e. The first-order chi connectivity index (χ1) is 11.6. The van der Waals surface area contributed by atoms with Crippen LogP contribution < -0.4 is 10.1 Å². The third kappa shape index (κ3) is 2.92. The van der Waals surface area contributed by atoms with Gasteiger partial charge in [-0.1, -0.05) is 25.1 Å². The lowest BCUT2D eigenvalue weighted by Gasteiger charge is -2.41. The molecule has 1 N–H and O–H groups in total. The summed E-state index contributed by atoms with van der Waals surface area (Å²) in [7, 11) is 2.04. The number of hydrogen-bond donors (Lipinski definition) is 1. The standard InChI is InChI=1S/C20H28N2O2/c1-14-11-17(14)19(23)22-12-15-5-3-4-6-18(15)24-20(13-22)9-7-16(21-2)8-10-20/h3-6,14,16-17,21H,7-13H2,1-2H3/t14-,16?,17+,20?/m0/s1. The van der Waals surface area contributed by atoms with Gasteiger partial charge < -0.3 is 15.0 Å². The Balaban J connectivity index is 1.61. The van der Waals surface area contributed by atoms with Crippen molar-refractivity contribution >= 4 is 5.91 Å². The van der Waals surface area contributed by atoms with Crippen LogP contribution >= 0.6 is 0 Å². The first-order valence-electron chi connectivity index (χ1n) is 9.33. The zero-order valence-corrected chi connectivity index (χ0v) is 14.8. The molecule has 24 heavy (non-hydrogen) atoms. The van der Waals surface area contributed by atoms with Gasteiger partial charge in [-0.25, -0.2) is 0 Å². The van der Waals surface area contributed by atoms with Crippen molar-refractivity contribution in [3.63, 3.8) is 0 Å². The number of ether oxygens (including phenoxy) is 1. The molecule has 2 aliphatic carbocycles. The topological polar surface area (TPSA) is 41.6 Å². The Morgan fingerprint density at radius 3 is 2.67 bits per heavy atom. The predicted molar refractivity (Wildman–Crippen MR) is 93.8 cm³/mol. The van der Waals surface area contributed by atoms with Crippen LogP contribution in [0.5, 0.6) is 5.75 Å². The van der Waals surface area contributed by atoms with Gasteiger partial charge in [-0.05, 0) is 51.1 Å². The molecule has 2 atom stereocenters. The van der Waals surface area contributed by atoms with Crippen molar-refractivity contribution in [3.8, 4) is 5.75 Å². The fraction of sp³-hybridized carbons (Fsp3) is 0.650. The predicted octanol–water partition coefficient (Wildman–Crippen LogP) is 2.96. The van der Waals surface area contributed by atoms with Gasteiger partial charge >= 0.3 is 0 Å². The molecule has 1 heterocycles. The number of carbonyl (C=O) groups is 1. The lowest BCUT2D eigenvalue weighted by atomic mass is 9.81. The lowest BCUT2D eigenvalue weighted by Crippen LogP contribution is -2.51. The molecule has 2 fully saturated rings. The number of rotatable bonds is 2. The van der Waals surface area contributed by atoms with E-state index in [1.165, 1.54) is 0 Å². The first kappa shape index (κ1) is 15.9. The number of nitrogens with zero attached hydrogens (tertiary/aromatic N) is 1. The number of carbonyl (C=O) groups excluding carboxylic acids is 1. The van der Waals surface area contributed by atoms with E-state index in [0.717, 1.165) is 50.0 Å². The van der Waals surface area contributed by atoms with Crippen molar-refractivity contribution in [3.05, 3.63) is 29.8 Å². The van der Waals surface area contributed by atoms with Crippen LogP contribution in [-0.4, -0.2) is 36.0 Å². The molecule has 0 aromatic heterocycles. The van der Waals surface area contributed by atoms with Crippen molar-refractivity contribution < 1.29 is 9.53 Å². The molecule has 0 unspecified atom stereocenters. The Morgan fingerprint density at radius 1 is 1.29 bits per heavy atom. The van der Waals surface area contributed by atoms with Crippen LogP contribution in [0.15, 0.2) is 24.3 Å². The molecule has 2 saturated carbocycles. The van der Waals surface area contributed by atoms with Crippen LogP contribution in [0.1, 0.15) is 44.6 Å². The molecule has 1 spiro atoms. The van der Waals surface area contributed by atoms with Crippen LogP contribution in [-0.2, 0) is 11.3 Å². The highest BCUT2D eigenvalue weighted by Gasteiger charge is 2.46. The molecule has 1 aliphatic heterocycles. The van der Waals surface area contributed by atoms with Gasteiger partial charge in [-0.3, -0.25) is 4.79 Å². The van der Waals surface area contributed by atoms with Gasteiger partial charge in [-0.2, -0.15) is 0 Å². The van der Waals surface area contributed by atoms with Crippen LogP contribution in [0.25, 0.3) is 0 Å². The van der Waals surface area contributed by atoms with Crippen LogP contribution in [0, 0.1) is 11.8 Å². The summed E-state index contributed by atoms with van der Waals surface area (Å²) in [6.45, 7) is 3.61. The average Bonchev–Trinajstić information content (AvgIpc) is 3.35. The second-order valence-electron chi connectivity index (χ2n) is 7.97. The summed E-state index contributed by atoms with van der Waals surface area (Å²) in [5.41, 5.74) is 0.931. The molecule has 1 amide bonds. The molecule has 0 saturated heterocycles. The van der Waals surface area contributed by atoms with Crippen LogP contribution in [0.4, 0.5) is 0 Å². The highest BCUT2D eigenvalue weighted by molar-refractivity contribution is 5.81. The normalized spacial score (nSPS) is 35.1. The summed E-state index contributed by atoms with van der Waals surface area (Å²) in [6.07, 6.45) is 5.29. The van der Waals surface area contributed by atoms with E-state index in [9.17, 15) is 4.79 Å². The van der Waals surface area contributed by atoms with Gasteiger partial charge in [0.15, 0.2) is 0 Å². The maximum absolute atomic E-state index is 12.9. The maximum Gasteiger partial charge on any atom is 0.226 e. The number of benzene rings is 1. The summed E-state index contributed by atoms with van der Waals surface area (Å²) < 4.78 is 6.56. The van der Waals surface area contributed by atoms with Crippen molar-refractivity contribution in [2.75, 3.05) is 13.6 Å². The number of amides is 1. The fourth-order valence-electron chi connectivity index (χ4n) is 4.36. The SMILES string of the molecule is CNC1CCC2(CC1)CN(C(=O)[C@@H]1C[C@@H]1C)Cc1ccccc1O2. The van der Waals surface area contributed by atoms with E-state index in [-0.39, 0.29) is 11.5 Å². The van der Waals surface area contributed by atoms with E-state index in [4.69, 9.17) is 4.74 Å². The van der Waals surface area contributed by atoms with Gasteiger partial charge in [0.05, 0.1) is 6.54 Å². The second kappa shape index (κ2) is 6.07.